The maximum absolute atomic E-state index is 5.87. The molecule has 0 aromatic heterocycles. The van der Waals surface area contributed by atoms with E-state index < -0.39 is 0 Å². The Balaban J connectivity index is 1.89. The Morgan fingerprint density at radius 2 is 1.14 bits per heavy atom. The molecule has 4 heteroatoms. The standard InChI is InChI=1S/C17H22N2O2/c1-12(20-16-9-5-3-7-14(16)18)11-13(2)21-17-10-6-4-8-15(17)19/h3-10,12-13H,11,18-19H2,1-2H3/t12-,13?/m1/s1. The van der Waals surface area contributed by atoms with E-state index in [1.54, 1.807) is 0 Å². The molecule has 0 aliphatic heterocycles. The molecule has 112 valence electrons. The first kappa shape index (κ1) is 15.0. The summed E-state index contributed by atoms with van der Waals surface area (Å²) < 4.78 is 11.7. The highest BCUT2D eigenvalue weighted by molar-refractivity contribution is 5.52. The molecule has 0 fully saturated rings. The lowest BCUT2D eigenvalue weighted by Crippen LogP contribution is -2.23. The van der Waals surface area contributed by atoms with E-state index in [0.29, 0.717) is 22.9 Å². The van der Waals surface area contributed by atoms with E-state index in [2.05, 4.69) is 0 Å². The molecule has 4 N–H and O–H groups in total. The summed E-state index contributed by atoms with van der Waals surface area (Å²) in [6.45, 7) is 4.00. The Kier molecular flexibility index (Phi) is 4.93. The summed E-state index contributed by atoms with van der Waals surface area (Å²) in [5, 5.41) is 0. The lowest BCUT2D eigenvalue weighted by molar-refractivity contribution is 0.132. The van der Waals surface area contributed by atoms with E-state index in [1.165, 1.54) is 0 Å². The Labute approximate surface area is 125 Å². The van der Waals surface area contributed by atoms with Crippen LogP contribution in [0.4, 0.5) is 11.4 Å². The number of ether oxygens (including phenoxy) is 2. The number of hydrogen-bond acceptors (Lipinski definition) is 4. The van der Waals surface area contributed by atoms with Crippen LogP contribution in [0.5, 0.6) is 11.5 Å². The summed E-state index contributed by atoms with van der Waals surface area (Å²) >= 11 is 0. The Hall–Kier alpha value is -2.36. The number of para-hydroxylation sites is 4. The number of hydrogen-bond donors (Lipinski definition) is 2. The first-order chi connectivity index (χ1) is 10.1. The van der Waals surface area contributed by atoms with Crippen LogP contribution in [0, 0.1) is 0 Å². The molecule has 0 bridgehead atoms. The number of benzene rings is 2. The molecule has 4 nitrogen and oxygen atoms in total. The maximum atomic E-state index is 5.87. The second kappa shape index (κ2) is 6.88. The summed E-state index contributed by atoms with van der Waals surface area (Å²) in [6, 6.07) is 15.0. The first-order valence-corrected chi connectivity index (χ1v) is 7.08. The van der Waals surface area contributed by atoms with Crippen LogP contribution < -0.4 is 20.9 Å². The van der Waals surface area contributed by atoms with Gasteiger partial charge in [-0.3, -0.25) is 0 Å². The second-order valence-corrected chi connectivity index (χ2v) is 5.17. The maximum Gasteiger partial charge on any atom is 0.142 e. The molecule has 0 spiro atoms. The fraction of sp³-hybridized carbons (Fsp3) is 0.294. The highest BCUT2D eigenvalue weighted by Crippen LogP contribution is 2.24. The highest BCUT2D eigenvalue weighted by atomic mass is 16.5. The fourth-order valence-electron chi connectivity index (χ4n) is 2.17. The average Bonchev–Trinajstić information content (AvgIpc) is 2.44. The van der Waals surface area contributed by atoms with Crippen LogP contribution in [0.2, 0.25) is 0 Å². The third kappa shape index (κ3) is 4.31. The van der Waals surface area contributed by atoms with Crippen LogP contribution in [0.3, 0.4) is 0 Å². The zero-order valence-electron chi connectivity index (χ0n) is 12.5. The number of nitrogen functional groups attached to an aromatic ring is 2. The Bertz CT molecular complexity index is 535. The van der Waals surface area contributed by atoms with Gasteiger partial charge < -0.3 is 20.9 Å². The minimum atomic E-state index is -0.00497. The van der Waals surface area contributed by atoms with E-state index in [0.717, 1.165) is 6.42 Å². The van der Waals surface area contributed by atoms with Gasteiger partial charge in [-0.05, 0) is 38.1 Å². The predicted molar refractivity (Wildman–Crippen MR) is 86.5 cm³/mol. The van der Waals surface area contributed by atoms with Gasteiger partial charge in [-0.1, -0.05) is 24.3 Å². The smallest absolute Gasteiger partial charge is 0.142 e. The third-order valence-electron chi connectivity index (χ3n) is 3.16. The van der Waals surface area contributed by atoms with Crippen LogP contribution >= 0.6 is 0 Å². The largest absolute Gasteiger partial charge is 0.488 e. The molecule has 0 heterocycles. The molecule has 0 aliphatic carbocycles. The molecule has 2 aromatic carbocycles. The average molecular weight is 286 g/mol. The van der Waals surface area contributed by atoms with Crippen molar-refractivity contribution in [3.05, 3.63) is 48.5 Å². The van der Waals surface area contributed by atoms with Gasteiger partial charge in [-0.15, -0.1) is 0 Å². The minimum Gasteiger partial charge on any atom is -0.488 e. The van der Waals surface area contributed by atoms with E-state index in [1.807, 2.05) is 62.4 Å². The lowest BCUT2D eigenvalue weighted by atomic mass is 10.2. The molecule has 0 radical (unpaired) electrons. The first-order valence-electron chi connectivity index (χ1n) is 7.08. The van der Waals surface area contributed by atoms with Crippen molar-refractivity contribution in [2.45, 2.75) is 32.5 Å². The van der Waals surface area contributed by atoms with Crippen LogP contribution in [0.1, 0.15) is 20.3 Å². The van der Waals surface area contributed by atoms with Gasteiger partial charge in [0.15, 0.2) is 0 Å². The topological polar surface area (TPSA) is 70.5 Å². The van der Waals surface area contributed by atoms with Gasteiger partial charge in [0.25, 0.3) is 0 Å². The molecule has 2 aromatic rings. The van der Waals surface area contributed by atoms with Gasteiger partial charge in [0.2, 0.25) is 0 Å². The third-order valence-corrected chi connectivity index (χ3v) is 3.16. The van der Waals surface area contributed by atoms with Crippen LogP contribution in [0.25, 0.3) is 0 Å². The predicted octanol–water partition coefficient (Wildman–Crippen LogP) is 3.48. The monoisotopic (exact) mass is 286 g/mol. The van der Waals surface area contributed by atoms with Crippen molar-refractivity contribution in [3.8, 4) is 11.5 Å². The van der Waals surface area contributed by atoms with Crippen molar-refractivity contribution < 1.29 is 9.47 Å². The van der Waals surface area contributed by atoms with Crippen LogP contribution in [-0.2, 0) is 0 Å². The summed E-state index contributed by atoms with van der Waals surface area (Å²) in [7, 11) is 0. The molecule has 2 rings (SSSR count). The zero-order valence-corrected chi connectivity index (χ0v) is 12.5. The van der Waals surface area contributed by atoms with Gasteiger partial charge in [0.05, 0.1) is 23.6 Å². The molecule has 1 unspecified atom stereocenters. The lowest BCUT2D eigenvalue weighted by Gasteiger charge is -2.21. The molecule has 0 saturated carbocycles. The van der Waals surface area contributed by atoms with Gasteiger partial charge >= 0.3 is 0 Å². The van der Waals surface area contributed by atoms with Gasteiger partial charge in [-0.25, -0.2) is 0 Å². The van der Waals surface area contributed by atoms with Crippen molar-refractivity contribution in [2.75, 3.05) is 11.5 Å². The van der Waals surface area contributed by atoms with Gasteiger partial charge in [-0.2, -0.15) is 0 Å². The zero-order chi connectivity index (χ0) is 15.2. The van der Waals surface area contributed by atoms with Crippen molar-refractivity contribution in [1.82, 2.24) is 0 Å². The molecular weight excluding hydrogens is 264 g/mol. The molecule has 0 aliphatic rings. The van der Waals surface area contributed by atoms with Gasteiger partial charge in [0, 0.05) is 6.42 Å². The van der Waals surface area contributed by atoms with Crippen molar-refractivity contribution in [1.29, 1.82) is 0 Å². The van der Waals surface area contributed by atoms with E-state index in [9.17, 15) is 0 Å². The highest BCUT2D eigenvalue weighted by Gasteiger charge is 2.13. The number of rotatable bonds is 6. The Morgan fingerprint density at radius 1 is 0.762 bits per heavy atom. The quantitative estimate of drug-likeness (QED) is 0.798. The SMILES string of the molecule is CC(C[C@@H](C)Oc1ccccc1N)Oc1ccccc1N. The second-order valence-electron chi connectivity index (χ2n) is 5.17. The molecule has 0 saturated heterocycles. The molecule has 2 atom stereocenters. The minimum absolute atomic E-state index is 0.00497. The summed E-state index contributed by atoms with van der Waals surface area (Å²) in [4.78, 5) is 0. The fourth-order valence-corrected chi connectivity index (χ4v) is 2.17. The van der Waals surface area contributed by atoms with E-state index in [4.69, 9.17) is 20.9 Å². The number of nitrogens with two attached hydrogens (primary N) is 2. The normalized spacial score (nSPS) is 13.4. The van der Waals surface area contributed by atoms with Gasteiger partial charge in [0.1, 0.15) is 11.5 Å². The summed E-state index contributed by atoms with van der Waals surface area (Å²) in [5.74, 6) is 1.41. The summed E-state index contributed by atoms with van der Waals surface area (Å²) in [6.07, 6.45) is 0.729. The van der Waals surface area contributed by atoms with Crippen LogP contribution in [0.15, 0.2) is 48.5 Å². The molecule has 0 amide bonds. The van der Waals surface area contributed by atoms with Crippen molar-refractivity contribution >= 4 is 11.4 Å². The van der Waals surface area contributed by atoms with Crippen LogP contribution in [-0.4, -0.2) is 12.2 Å². The van der Waals surface area contributed by atoms with E-state index in [-0.39, 0.29) is 12.2 Å². The Morgan fingerprint density at radius 3 is 1.52 bits per heavy atom. The molecule has 21 heavy (non-hydrogen) atoms. The number of anilines is 2. The summed E-state index contributed by atoms with van der Waals surface area (Å²) in [5.41, 5.74) is 13.0. The van der Waals surface area contributed by atoms with E-state index >= 15 is 0 Å². The van der Waals surface area contributed by atoms with Crippen molar-refractivity contribution in [3.63, 3.8) is 0 Å². The van der Waals surface area contributed by atoms with Crippen molar-refractivity contribution in [2.24, 2.45) is 0 Å². The molecular formula is C17H22N2O2.